The molecule has 0 unspecified atom stereocenters. The lowest BCUT2D eigenvalue weighted by Crippen LogP contribution is -1.99. The number of aromatic nitrogens is 1. The van der Waals surface area contributed by atoms with Crippen LogP contribution in [0.15, 0.2) is 60.9 Å². The van der Waals surface area contributed by atoms with Gasteiger partial charge in [-0.05, 0) is 48.1 Å². The lowest BCUT2D eigenvalue weighted by atomic mass is 9.98. The van der Waals surface area contributed by atoms with Crippen molar-refractivity contribution in [1.29, 1.82) is 0 Å². The van der Waals surface area contributed by atoms with Crippen molar-refractivity contribution in [2.45, 2.75) is 26.7 Å². The standard InChI is InChI=1S/C21H21ClN2/c1-4-6-15(3)24-20-12-16-9-10-17(11-18(16)13-23-20)21-14(2)7-5-8-19(21)22/h5,7-13H,3-4,6H2,1-2H3,(H,23,24). The van der Waals surface area contributed by atoms with Crippen LogP contribution in [0.25, 0.3) is 21.9 Å². The molecule has 0 saturated carbocycles. The highest BCUT2D eigenvalue weighted by molar-refractivity contribution is 6.33. The SMILES string of the molecule is C=C(CCC)Nc1cc2ccc(-c3c(C)cccc3Cl)cc2cn1. The minimum Gasteiger partial charge on any atom is -0.344 e. The van der Waals surface area contributed by atoms with Crippen molar-refractivity contribution in [3.8, 4) is 11.1 Å². The number of aryl methyl sites for hydroxylation is 1. The maximum Gasteiger partial charge on any atom is 0.130 e. The van der Waals surface area contributed by atoms with Crippen LogP contribution in [0.3, 0.4) is 0 Å². The third kappa shape index (κ3) is 3.44. The third-order valence-electron chi connectivity index (χ3n) is 4.09. The van der Waals surface area contributed by atoms with Gasteiger partial charge in [-0.15, -0.1) is 0 Å². The van der Waals surface area contributed by atoms with Crippen LogP contribution in [0.1, 0.15) is 25.3 Å². The fourth-order valence-electron chi connectivity index (χ4n) is 2.91. The summed E-state index contributed by atoms with van der Waals surface area (Å²) in [5.74, 6) is 0.836. The number of nitrogens with zero attached hydrogens (tertiary/aromatic N) is 1. The molecular formula is C21H21ClN2. The Bertz CT molecular complexity index is 879. The molecule has 24 heavy (non-hydrogen) atoms. The van der Waals surface area contributed by atoms with Gasteiger partial charge in [0.05, 0.1) is 0 Å². The summed E-state index contributed by atoms with van der Waals surface area (Å²) in [6, 6.07) is 14.4. The molecule has 3 aromatic rings. The van der Waals surface area contributed by atoms with Crippen LogP contribution in [-0.4, -0.2) is 4.98 Å². The summed E-state index contributed by atoms with van der Waals surface area (Å²) < 4.78 is 0. The van der Waals surface area contributed by atoms with Gasteiger partial charge >= 0.3 is 0 Å². The van der Waals surface area contributed by atoms with Gasteiger partial charge in [0.1, 0.15) is 5.82 Å². The number of hydrogen-bond donors (Lipinski definition) is 1. The molecule has 0 aliphatic rings. The van der Waals surface area contributed by atoms with Crippen LogP contribution in [0, 0.1) is 6.92 Å². The van der Waals surface area contributed by atoms with Crippen LogP contribution in [0.2, 0.25) is 5.02 Å². The molecule has 0 amide bonds. The first-order chi connectivity index (χ1) is 11.6. The highest BCUT2D eigenvalue weighted by Crippen LogP contribution is 2.33. The molecule has 1 heterocycles. The van der Waals surface area contributed by atoms with E-state index in [2.05, 4.69) is 61.1 Å². The minimum absolute atomic E-state index is 0.775. The van der Waals surface area contributed by atoms with Crippen molar-refractivity contribution in [3.63, 3.8) is 0 Å². The molecule has 3 rings (SSSR count). The van der Waals surface area contributed by atoms with Gasteiger partial charge in [-0.2, -0.15) is 0 Å². The van der Waals surface area contributed by atoms with E-state index in [1.54, 1.807) is 0 Å². The average molecular weight is 337 g/mol. The topological polar surface area (TPSA) is 24.9 Å². The summed E-state index contributed by atoms with van der Waals surface area (Å²) in [5, 5.41) is 6.29. The molecule has 0 saturated heterocycles. The van der Waals surface area contributed by atoms with Crippen LogP contribution in [0.4, 0.5) is 5.82 Å². The fourth-order valence-corrected chi connectivity index (χ4v) is 3.24. The average Bonchev–Trinajstić information content (AvgIpc) is 2.55. The second kappa shape index (κ2) is 7.06. The van der Waals surface area contributed by atoms with Crippen molar-refractivity contribution in [3.05, 3.63) is 71.5 Å². The molecule has 0 spiro atoms. The summed E-state index contributed by atoms with van der Waals surface area (Å²) in [7, 11) is 0. The van der Waals surface area contributed by atoms with E-state index in [4.69, 9.17) is 11.6 Å². The Morgan fingerprint density at radius 1 is 1.17 bits per heavy atom. The zero-order chi connectivity index (χ0) is 17.1. The maximum absolute atomic E-state index is 6.39. The van der Waals surface area contributed by atoms with Gasteiger partial charge in [0.15, 0.2) is 0 Å². The molecule has 0 atom stereocenters. The highest BCUT2D eigenvalue weighted by Gasteiger charge is 2.08. The first kappa shape index (κ1) is 16.5. The summed E-state index contributed by atoms with van der Waals surface area (Å²) in [5.41, 5.74) is 4.36. The van der Waals surface area contributed by atoms with E-state index in [9.17, 15) is 0 Å². The van der Waals surface area contributed by atoms with E-state index in [1.807, 2.05) is 18.3 Å². The van der Waals surface area contributed by atoms with Gasteiger partial charge in [0.2, 0.25) is 0 Å². The van der Waals surface area contributed by atoms with Gasteiger partial charge in [0, 0.05) is 27.9 Å². The highest BCUT2D eigenvalue weighted by atomic mass is 35.5. The Morgan fingerprint density at radius 2 is 2.00 bits per heavy atom. The van der Waals surface area contributed by atoms with Crippen molar-refractivity contribution < 1.29 is 0 Å². The van der Waals surface area contributed by atoms with Crippen molar-refractivity contribution >= 4 is 28.2 Å². The van der Waals surface area contributed by atoms with Crippen molar-refractivity contribution in [2.75, 3.05) is 5.32 Å². The molecular weight excluding hydrogens is 316 g/mol. The zero-order valence-corrected chi connectivity index (χ0v) is 14.8. The normalized spacial score (nSPS) is 10.8. The lowest BCUT2D eigenvalue weighted by molar-refractivity contribution is 0.911. The van der Waals surface area contributed by atoms with Crippen LogP contribution < -0.4 is 5.32 Å². The summed E-state index contributed by atoms with van der Waals surface area (Å²) in [6.45, 7) is 8.24. The molecule has 2 aromatic carbocycles. The number of rotatable bonds is 5. The van der Waals surface area contributed by atoms with E-state index in [1.165, 1.54) is 5.56 Å². The second-order valence-electron chi connectivity index (χ2n) is 6.04. The zero-order valence-electron chi connectivity index (χ0n) is 14.1. The van der Waals surface area contributed by atoms with E-state index in [-0.39, 0.29) is 0 Å². The Balaban J connectivity index is 1.97. The Morgan fingerprint density at radius 3 is 2.75 bits per heavy atom. The molecule has 0 aliphatic carbocycles. The molecule has 0 radical (unpaired) electrons. The molecule has 0 aliphatic heterocycles. The fraction of sp³-hybridized carbons (Fsp3) is 0.190. The van der Waals surface area contributed by atoms with E-state index < -0.39 is 0 Å². The number of anilines is 1. The smallest absolute Gasteiger partial charge is 0.130 e. The minimum atomic E-state index is 0.775. The first-order valence-electron chi connectivity index (χ1n) is 8.18. The van der Waals surface area contributed by atoms with E-state index in [0.717, 1.165) is 51.3 Å². The largest absolute Gasteiger partial charge is 0.344 e. The van der Waals surface area contributed by atoms with Gasteiger partial charge in [0.25, 0.3) is 0 Å². The number of fused-ring (bicyclic) bond motifs is 1. The number of nitrogens with one attached hydrogen (secondary N) is 1. The van der Waals surface area contributed by atoms with E-state index in [0.29, 0.717) is 0 Å². The molecule has 3 heteroatoms. The molecule has 1 aromatic heterocycles. The second-order valence-corrected chi connectivity index (χ2v) is 6.45. The molecule has 0 bridgehead atoms. The molecule has 2 nitrogen and oxygen atoms in total. The number of allylic oxidation sites excluding steroid dienone is 1. The molecule has 1 N–H and O–H groups in total. The maximum atomic E-state index is 6.39. The van der Waals surface area contributed by atoms with Gasteiger partial charge in [-0.3, -0.25) is 0 Å². The Hall–Kier alpha value is -2.32. The third-order valence-corrected chi connectivity index (χ3v) is 4.40. The number of benzene rings is 2. The van der Waals surface area contributed by atoms with Crippen LogP contribution >= 0.6 is 11.6 Å². The summed E-state index contributed by atoms with van der Waals surface area (Å²) >= 11 is 6.39. The van der Waals surface area contributed by atoms with Crippen LogP contribution in [-0.2, 0) is 0 Å². The Kier molecular flexibility index (Phi) is 4.86. The summed E-state index contributed by atoms with van der Waals surface area (Å²) in [4.78, 5) is 4.50. The molecule has 0 fully saturated rings. The summed E-state index contributed by atoms with van der Waals surface area (Å²) in [6.07, 6.45) is 3.91. The van der Waals surface area contributed by atoms with Gasteiger partial charge in [-0.1, -0.05) is 55.8 Å². The predicted molar refractivity (Wildman–Crippen MR) is 105 cm³/mol. The first-order valence-corrected chi connectivity index (χ1v) is 8.56. The number of hydrogen-bond acceptors (Lipinski definition) is 2. The van der Waals surface area contributed by atoms with Gasteiger partial charge < -0.3 is 5.32 Å². The monoisotopic (exact) mass is 336 g/mol. The Labute approximate surface area is 148 Å². The van der Waals surface area contributed by atoms with Crippen molar-refractivity contribution in [2.24, 2.45) is 0 Å². The number of halogens is 1. The predicted octanol–water partition coefficient (Wildman–Crippen LogP) is 6.59. The lowest BCUT2D eigenvalue weighted by Gasteiger charge is -2.11. The van der Waals surface area contributed by atoms with Gasteiger partial charge in [-0.25, -0.2) is 4.98 Å². The number of pyridine rings is 1. The molecule has 122 valence electrons. The van der Waals surface area contributed by atoms with Crippen molar-refractivity contribution in [1.82, 2.24) is 4.98 Å². The van der Waals surface area contributed by atoms with E-state index >= 15 is 0 Å². The quantitative estimate of drug-likeness (QED) is 0.568. The van der Waals surface area contributed by atoms with Crippen LogP contribution in [0.5, 0.6) is 0 Å².